The minimum absolute atomic E-state index is 0.240. The molecular formula is C9H18FNO. The number of alkyl halides is 1. The smallest absolute Gasteiger partial charge is 0.115 e. The molecule has 3 heteroatoms. The molecule has 72 valence electrons. The van der Waals surface area contributed by atoms with Gasteiger partial charge in [-0.25, -0.2) is 4.39 Å². The van der Waals surface area contributed by atoms with Crippen LogP contribution >= 0.6 is 0 Å². The fourth-order valence-corrected chi connectivity index (χ4v) is 1.51. The van der Waals surface area contributed by atoms with E-state index in [1.807, 2.05) is 6.92 Å². The van der Waals surface area contributed by atoms with Gasteiger partial charge in [0.25, 0.3) is 0 Å². The predicted octanol–water partition coefficient (Wildman–Crippen LogP) is 1.31. The third kappa shape index (κ3) is 2.72. The number of halogens is 1. The predicted molar refractivity (Wildman–Crippen MR) is 47.0 cm³/mol. The number of methoxy groups -OCH3 is 1. The lowest BCUT2D eigenvalue weighted by Crippen LogP contribution is -2.42. The minimum atomic E-state index is -0.643. The Labute approximate surface area is 73.7 Å². The van der Waals surface area contributed by atoms with Crippen molar-refractivity contribution in [3.63, 3.8) is 0 Å². The number of ether oxygens (including phenoxy) is 1. The van der Waals surface area contributed by atoms with Gasteiger partial charge in [0.05, 0.1) is 6.61 Å². The van der Waals surface area contributed by atoms with Crippen molar-refractivity contribution in [2.75, 3.05) is 33.4 Å². The summed E-state index contributed by atoms with van der Waals surface area (Å²) in [5.74, 6) is 0.240. The first-order chi connectivity index (χ1) is 5.74. The van der Waals surface area contributed by atoms with Gasteiger partial charge in [-0.15, -0.1) is 0 Å². The molecule has 2 nitrogen and oxygen atoms in total. The van der Waals surface area contributed by atoms with Gasteiger partial charge in [-0.1, -0.05) is 6.92 Å². The molecular weight excluding hydrogens is 157 g/mol. The Bertz CT molecular complexity index is 130. The maximum Gasteiger partial charge on any atom is 0.115 e. The van der Waals surface area contributed by atoms with Crippen LogP contribution in [0.25, 0.3) is 0 Å². The second kappa shape index (κ2) is 4.77. The van der Waals surface area contributed by atoms with E-state index in [4.69, 9.17) is 4.74 Å². The van der Waals surface area contributed by atoms with E-state index in [1.165, 1.54) is 0 Å². The molecule has 1 unspecified atom stereocenters. The maximum atomic E-state index is 13.2. The molecule has 0 saturated carbocycles. The third-order valence-electron chi connectivity index (χ3n) is 2.56. The average molecular weight is 175 g/mol. The van der Waals surface area contributed by atoms with Gasteiger partial charge in [0.2, 0.25) is 0 Å². The number of rotatable bonds is 3. The summed E-state index contributed by atoms with van der Waals surface area (Å²) in [6, 6.07) is 0. The van der Waals surface area contributed by atoms with E-state index in [2.05, 4.69) is 4.90 Å². The zero-order valence-electron chi connectivity index (χ0n) is 7.92. The van der Waals surface area contributed by atoms with Crippen molar-refractivity contribution >= 4 is 0 Å². The first-order valence-electron chi connectivity index (χ1n) is 4.59. The van der Waals surface area contributed by atoms with Crippen LogP contribution in [0.4, 0.5) is 4.39 Å². The lowest BCUT2D eigenvalue weighted by molar-refractivity contribution is 0.0699. The van der Waals surface area contributed by atoms with E-state index in [-0.39, 0.29) is 5.92 Å². The Morgan fingerprint density at radius 1 is 1.58 bits per heavy atom. The molecule has 0 N–H and O–H groups in total. The number of hydrogen-bond donors (Lipinski definition) is 0. The summed E-state index contributed by atoms with van der Waals surface area (Å²) in [5, 5.41) is 0. The standard InChI is InChI=1S/C9H18FNO/c1-8-3-4-11(5-6-12-2)7-9(8)10/h8-9H,3-7H2,1-2H3/t8?,9-/m0/s1. The highest BCUT2D eigenvalue weighted by Gasteiger charge is 2.24. The summed E-state index contributed by atoms with van der Waals surface area (Å²) in [6.07, 6.45) is 0.334. The van der Waals surface area contributed by atoms with E-state index in [1.54, 1.807) is 7.11 Å². The number of likely N-dealkylation sites (tertiary alicyclic amines) is 1. The Morgan fingerprint density at radius 3 is 2.92 bits per heavy atom. The average Bonchev–Trinajstić information content (AvgIpc) is 2.07. The molecule has 12 heavy (non-hydrogen) atoms. The molecule has 0 aromatic carbocycles. The SMILES string of the molecule is COCCN1CCC(C)[C@@H](F)C1. The largest absolute Gasteiger partial charge is 0.383 e. The highest BCUT2D eigenvalue weighted by atomic mass is 19.1. The highest BCUT2D eigenvalue weighted by Crippen LogP contribution is 2.19. The lowest BCUT2D eigenvalue weighted by Gasteiger charge is -2.32. The first kappa shape index (κ1) is 9.93. The third-order valence-corrected chi connectivity index (χ3v) is 2.56. The maximum absolute atomic E-state index is 13.2. The molecule has 1 heterocycles. The van der Waals surface area contributed by atoms with Crippen LogP contribution in [0.5, 0.6) is 0 Å². The van der Waals surface area contributed by atoms with Crippen LogP contribution in [0.2, 0.25) is 0 Å². The first-order valence-corrected chi connectivity index (χ1v) is 4.59. The van der Waals surface area contributed by atoms with Gasteiger partial charge in [0.15, 0.2) is 0 Å². The monoisotopic (exact) mass is 175 g/mol. The summed E-state index contributed by atoms with van der Waals surface area (Å²) in [5.41, 5.74) is 0. The second-order valence-electron chi connectivity index (χ2n) is 3.58. The van der Waals surface area contributed by atoms with E-state index in [9.17, 15) is 4.39 Å². The molecule has 1 fully saturated rings. The molecule has 1 aliphatic heterocycles. The molecule has 2 atom stereocenters. The number of piperidine rings is 1. The molecule has 0 aromatic heterocycles. The molecule has 0 spiro atoms. The minimum Gasteiger partial charge on any atom is -0.383 e. The zero-order valence-corrected chi connectivity index (χ0v) is 7.92. The Morgan fingerprint density at radius 2 is 2.33 bits per heavy atom. The van der Waals surface area contributed by atoms with Crippen molar-refractivity contribution in [2.45, 2.75) is 19.5 Å². The van der Waals surface area contributed by atoms with Gasteiger partial charge in [-0.3, -0.25) is 4.90 Å². The summed E-state index contributed by atoms with van der Waals surface area (Å²) in [4.78, 5) is 2.13. The van der Waals surface area contributed by atoms with Gasteiger partial charge < -0.3 is 4.74 Å². The van der Waals surface area contributed by atoms with Gasteiger partial charge in [-0.2, -0.15) is 0 Å². The van der Waals surface area contributed by atoms with Gasteiger partial charge in [0.1, 0.15) is 6.17 Å². The van der Waals surface area contributed by atoms with Crippen LogP contribution in [-0.4, -0.2) is 44.4 Å². The van der Waals surface area contributed by atoms with Crippen molar-refractivity contribution < 1.29 is 9.13 Å². The molecule has 0 bridgehead atoms. The van der Waals surface area contributed by atoms with Gasteiger partial charge in [0, 0.05) is 20.2 Å². The van der Waals surface area contributed by atoms with Gasteiger partial charge in [-0.05, 0) is 18.9 Å². The lowest BCUT2D eigenvalue weighted by atomic mass is 9.97. The fourth-order valence-electron chi connectivity index (χ4n) is 1.51. The van der Waals surface area contributed by atoms with Gasteiger partial charge >= 0.3 is 0 Å². The van der Waals surface area contributed by atoms with Crippen molar-refractivity contribution in [1.82, 2.24) is 4.90 Å². The molecule has 1 saturated heterocycles. The molecule has 1 aliphatic rings. The van der Waals surface area contributed by atoms with Crippen LogP contribution in [0.15, 0.2) is 0 Å². The van der Waals surface area contributed by atoms with E-state index in [0.29, 0.717) is 13.2 Å². The van der Waals surface area contributed by atoms with E-state index < -0.39 is 6.17 Å². The highest BCUT2D eigenvalue weighted by molar-refractivity contribution is 4.77. The van der Waals surface area contributed by atoms with Crippen LogP contribution in [0.1, 0.15) is 13.3 Å². The van der Waals surface area contributed by atoms with Crippen molar-refractivity contribution in [2.24, 2.45) is 5.92 Å². The molecule has 0 aromatic rings. The molecule has 0 radical (unpaired) electrons. The van der Waals surface area contributed by atoms with Crippen molar-refractivity contribution in [3.05, 3.63) is 0 Å². The number of nitrogens with zero attached hydrogens (tertiary/aromatic N) is 1. The van der Waals surface area contributed by atoms with Crippen LogP contribution in [0, 0.1) is 5.92 Å². The Hall–Kier alpha value is -0.150. The van der Waals surface area contributed by atoms with Crippen molar-refractivity contribution in [1.29, 1.82) is 0 Å². The van der Waals surface area contributed by atoms with E-state index >= 15 is 0 Å². The van der Waals surface area contributed by atoms with E-state index in [0.717, 1.165) is 19.5 Å². The normalized spacial score (nSPS) is 32.2. The summed E-state index contributed by atoms with van der Waals surface area (Å²) in [7, 11) is 1.68. The fraction of sp³-hybridized carbons (Fsp3) is 1.00. The molecule has 0 aliphatic carbocycles. The number of hydrogen-bond acceptors (Lipinski definition) is 2. The zero-order chi connectivity index (χ0) is 8.97. The van der Waals surface area contributed by atoms with Crippen LogP contribution < -0.4 is 0 Å². The molecule has 1 rings (SSSR count). The summed E-state index contributed by atoms with van der Waals surface area (Å²) in [6.45, 7) is 5.17. The Balaban J connectivity index is 2.21. The van der Waals surface area contributed by atoms with Crippen LogP contribution in [-0.2, 0) is 4.74 Å². The molecule has 0 amide bonds. The van der Waals surface area contributed by atoms with Crippen LogP contribution in [0.3, 0.4) is 0 Å². The topological polar surface area (TPSA) is 12.5 Å². The Kier molecular flexibility index (Phi) is 3.95. The van der Waals surface area contributed by atoms with Crippen molar-refractivity contribution in [3.8, 4) is 0 Å². The summed E-state index contributed by atoms with van der Waals surface area (Å²) < 4.78 is 18.1. The second-order valence-corrected chi connectivity index (χ2v) is 3.58. The summed E-state index contributed by atoms with van der Waals surface area (Å²) >= 11 is 0. The quantitative estimate of drug-likeness (QED) is 0.641.